The molecule has 0 aromatic heterocycles. The summed E-state index contributed by atoms with van der Waals surface area (Å²) >= 11 is 0. The molecule has 14 heteroatoms. The fourth-order valence-electron chi connectivity index (χ4n) is 10.8. The Balaban J connectivity index is 1.20. The van der Waals surface area contributed by atoms with Crippen molar-refractivity contribution in [3.8, 4) is 0 Å². The summed E-state index contributed by atoms with van der Waals surface area (Å²) in [7, 11) is 4.77. The summed E-state index contributed by atoms with van der Waals surface area (Å²) in [6, 6.07) is 0. The fraction of sp³-hybridized carbons (Fsp3) is 0.776. The maximum absolute atomic E-state index is 14.5. The molecule has 0 amide bonds. The summed E-state index contributed by atoms with van der Waals surface area (Å²) in [4.78, 5) is 14.5. The van der Waals surface area contributed by atoms with Gasteiger partial charge < -0.3 is 62.3 Å². The molecule has 354 valence electrons. The predicted molar refractivity (Wildman–Crippen MR) is 232 cm³/mol. The van der Waals surface area contributed by atoms with Crippen molar-refractivity contribution in [2.75, 3.05) is 34.5 Å². The predicted octanol–water partition coefficient (Wildman–Crippen LogP) is 5.89. The van der Waals surface area contributed by atoms with Crippen LogP contribution in [0.4, 0.5) is 0 Å². The SMILES string of the molecule is CC[C@H](C)[C@H]1O[C@]2(C=C[C@@H]1C)C[C@@H]1C[C@@H](C/C=C(\C)[C@@H](O[C@H]3C[C@H](OC)[C@@H](O[C@@H]4OC[C@@H](C)[C@H](O)[C@H]4OC)[C@H](C)O3)[C@@H](C)/C=C/C=C3\CO[C@@H]4[C@H](OC)C(C)=C[C@@H](C(=O)O1)[C@]34O)O2. The van der Waals surface area contributed by atoms with E-state index in [4.69, 9.17) is 52.1 Å². The third-order valence-corrected chi connectivity index (χ3v) is 14.7. The number of allylic oxidation sites excluding steroid dienone is 2. The van der Waals surface area contributed by atoms with Crippen molar-refractivity contribution >= 4 is 5.97 Å². The first kappa shape index (κ1) is 48.6. The van der Waals surface area contributed by atoms with E-state index in [1.165, 1.54) is 0 Å². The van der Waals surface area contributed by atoms with Crippen LogP contribution in [0, 0.1) is 29.6 Å². The molecule has 6 heterocycles. The quantitative estimate of drug-likeness (QED) is 0.209. The molecular weight excluding hydrogens is 813 g/mol. The molecule has 6 aliphatic heterocycles. The molecule has 14 nitrogen and oxygen atoms in total. The Morgan fingerprint density at radius 1 is 0.905 bits per heavy atom. The summed E-state index contributed by atoms with van der Waals surface area (Å²) in [6.07, 6.45) is 9.40. The Bertz CT molecular complexity index is 1740. The summed E-state index contributed by atoms with van der Waals surface area (Å²) < 4.78 is 70.0. The highest BCUT2D eigenvalue weighted by atomic mass is 16.7. The average Bonchev–Trinajstić information content (AvgIpc) is 3.59. The average molecular weight is 887 g/mol. The highest BCUT2D eigenvalue weighted by Gasteiger charge is 2.60. The van der Waals surface area contributed by atoms with Crippen LogP contribution in [0.1, 0.15) is 87.5 Å². The Kier molecular flexibility index (Phi) is 15.7. The number of hydrogen-bond donors (Lipinski definition) is 2. The molecule has 63 heavy (non-hydrogen) atoms. The van der Waals surface area contributed by atoms with Crippen molar-refractivity contribution in [2.24, 2.45) is 29.6 Å². The van der Waals surface area contributed by atoms with Crippen LogP contribution in [0.25, 0.3) is 0 Å². The van der Waals surface area contributed by atoms with E-state index < -0.39 is 90.8 Å². The van der Waals surface area contributed by atoms with Gasteiger partial charge in [0.15, 0.2) is 18.4 Å². The van der Waals surface area contributed by atoms with Gasteiger partial charge in [-0.05, 0) is 55.9 Å². The van der Waals surface area contributed by atoms with Crippen LogP contribution in [-0.4, -0.2) is 142 Å². The van der Waals surface area contributed by atoms with Gasteiger partial charge in [0.2, 0.25) is 0 Å². The van der Waals surface area contributed by atoms with Crippen LogP contribution < -0.4 is 0 Å². The van der Waals surface area contributed by atoms with Crippen molar-refractivity contribution < 1.29 is 67.1 Å². The molecule has 2 bridgehead atoms. The normalized spacial score (nSPS) is 48.6. The number of fused-ring (bicyclic) bond motifs is 2. The zero-order valence-electron chi connectivity index (χ0n) is 39.2. The van der Waals surface area contributed by atoms with Crippen LogP contribution in [0.15, 0.2) is 59.3 Å². The summed E-state index contributed by atoms with van der Waals surface area (Å²) in [5, 5.41) is 23.5. The van der Waals surface area contributed by atoms with E-state index in [0.29, 0.717) is 37.9 Å². The number of aliphatic hydroxyl groups excluding tert-OH is 1. The van der Waals surface area contributed by atoms with Crippen LogP contribution in [0.2, 0.25) is 0 Å². The standard InChI is InChI=1S/C49H74O14/c1-12-26(2)41-29(5)18-19-48(63-41)23-35-21-34(62-48)17-16-28(4)40(60-38-22-37(53-9)43(32(8)58-38)61-47-44(55-11)39(50)31(7)24-57-47)27(3)14-13-15-33-25-56-45-42(54-10)30(6)20-36(46(51)59-35)49(33,45)52/h13-16,18-20,26-27,29,31-32,34-45,47,50,52H,12,17,21-25H2,1-11H3/b14-13+,28-16+,33-15+/t26-,27-,29-,31+,32-,34+,35-,36-,37-,38-,39-,40-,41+,42+,43-,44+,45+,47-,48+,49+/m0/s1. The van der Waals surface area contributed by atoms with Gasteiger partial charge in [0, 0.05) is 58.3 Å². The molecule has 1 spiro atoms. The van der Waals surface area contributed by atoms with E-state index in [1.807, 2.05) is 45.1 Å². The summed E-state index contributed by atoms with van der Waals surface area (Å²) in [6.45, 7) is 16.8. The third-order valence-electron chi connectivity index (χ3n) is 14.7. The molecule has 7 rings (SSSR count). The Morgan fingerprint density at radius 3 is 2.40 bits per heavy atom. The second-order valence-corrected chi connectivity index (χ2v) is 19.3. The first-order chi connectivity index (χ1) is 30.1. The Labute approximate surface area is 374 Å². The minimum atomic E-state index is -1.71. The zero-order valence-corrected chi connectivity index (χ0v) is 39.2. The fourth-order valence-corrected chi connectivity index (χ4v) is 10.8. The third kappa shape index (κ3) is 9.90. The Hall–Kier alpha value is -2.31. The highest BCUT2D eigenvalue weighted by molar-refractivity contribution is 5.78. The van der Waals surface area contributed by atoms with Gasteiger partial charge in [0.25, 0.3) is 0 Å². The molecule has 20 atom stereocenters. The number of esters is 1. The maximum Gasteiger partial charge on any atom is 0.316 e. The molecule has 4 fully saturated rings. The lowest BCUT2D eigenvalue weighted by Crippen LogP contribution is -2.58. The van der Waals surface area contributed by atoms with E-state index in [0.717, 1.165) is 17.6 Å². The molecule has 0 aromatic carbocycles. The van der Waals surface area contributed by atoms with E-state index in [9.17, 15) is 15.0 Å². The number of carbonyl (C=O) groups excluding carboxylic acids is 1. The lowest BCUT2D eigenvalue weighted by atomic mass is 9.70. The lowest BCUT2D eigenvalue weighted by molar-refractivity contribution is -0.327. The molecule has 0 radical (unpaired) electrons. The molecule has 7 aliphatic rings. The van der Waals surface area contributed by atoms with E-state index in [1.54, 1.807) is 27.4 Å². The number of hydrogen-bond acceptors (Lipinski definition) is 14. The molecule has 0 unspecified atom stereocenters. The monoisotopic (exact) mass is 887 g/mol. The topological polar surface area (TPSA) is 159 Å². The van der Waals surface area contributed by atoms with Gasteiger partial charge in [-0.2, -0.15) is 0 Å². The second kappa shape index (κ2) is 20.3. The number of ether oxygens (including phenoxy) is 11. The number of carbonyl (C=O) groups is 1. The smallest absolute Gasteiger partial charge is 0.316 e. The number of methoxy groups -OCH3 is 3. The Morgan fingerprint density at radius 2 is 1.68 bits per heavy atom. The zero-order chi connectivity index (χ0) is 45.4. The van der Waals surface area contributed by atoms with E-state index in [2.05, 4.69) is 46.8 Å². The molecular formula is C49H74O14. The minimum absolute atomic E-state index is 0.0824. The van der Waals surface area contributed by atoms with Gasteiger partial charge >= 0.3 is 5.97 Å². The minimum Gasteiger partial charge on any atom is -0.462 e. The van der Waals surface area contributed by atoms with Crippen molar-refractivity contribution in [1.82, 2.24) is 0 Å². The number of aliphatic hydroxyl groups is 2. The molecule has 0 saturated carbocycles. The molecule has 1 aliphatic carbocycles. The molecule has 4 saturated heterocycles. The number of rotatable bonds is 9. The van der Waals surface area contributed by atoms with Gasteiger partial charge in [0.05, 0.1) is 49.8 Å². The summed E-state index contributed by atoms with van der Waals surface area (Å²) in [5.41, 5.74) is 0.612. The van der Waals surface area contributed by atoms with Crippen LogP contribution in [0.3, 0.4) is 0 Å². The van der Waals surface area contributed by atoms with E-state index >= 15 is 0 Å². The first-order valence-corrected chi connectivity index (χ1v) is 23.2. The van der Waals surface area contributed by atoms with Gasteiger partial charge in [-0.25, -0.2) is 0 Å². The van der Waals surface area contributed by atoms with Gasteiger partial charge in [-0.3, -0.25) is 4.79 Å². The van der Waals surface area contributed by atoms with Gasteiger partial charge in [-0.15, -0.1) is 0 Å². The highest BCUT2D eigenvalue weighted by Crippen LogP contribution is 2.48. The largest absolute Gasteiger partial charge is 0.462 e. The van der Waals surface area contributed by atoms with Gasteiger partial charge in [0.1, 0.15) is 42.0 Å². The van der Waals surface area contributed by atoms with Crippen LogP contribution in [-0.2, 0) is 56.9 Å². The second-order valence-electron chi connectivity index (χ2n) is 19.3. The maximum atomic E-state index is 14.5. The van der Waals surface area contributed by atoms with Crippen molar-refractivity contribution in [3.05, 3.63) is 59.3 Å². The first-order valence-electron chi connectivity index (χ1n) is 23.2. The van der Waals surface area contributed by atoms with Crippen molar-refractivity contribution in [3.63, 3.8) is 0 Å². The molecule has 0 aromatic rings. The van der Waals surface area contributed by atoms with Crippen molar-refractivity contribution in [1.29, 1.82) is 0 Å². The van der Waals surface area contributed by atoms with Crippen LogP contribution in [0.5, 0.6) is 0 Å². The lowest BCUT2D eigenvalue weighted by Gasteiger charge is -2.48. The van der Waals surface area contributed by atoms with Gasteiger partial charge in [-0.1, -0.05) is 77.5 Å². The van der Waals surface area contributed by atoms with Crippen LogP contribution >= 0.6 is 0 Å². The van der Waals surface area contributed by atoms with E-state index in [-0.39, 0.29) is 42.5 Å². The molecule has 2 N–H and O–H groups in total. The van der Waals surface area contributed by atoms with Crippen molar-refractivity contribution in [2.45, 2.75) is 179 Å². The summed E-state index contributed by atoms with van der Waals surface area (Å²) in [5.74, 6) is -2.47.